The lowest BCUT2D eigenvalue weighted by molar-refractivity contribution is -0.132. The summed E-state index contributed by atoms with van der Waals surface area (Å²) in [5, 5.41) is 30.9. The number of imidazole rings is 1. The summed E-state index contributed by atoms with van der Waals surface area (Å²) in [6.45, 7) is 5.82. The number of ether oxygens (including phenoxy) is 1. The number of aryl methyl sites for hydroxylation is 2. The molecule has 0 spiro atoms. The monoisotopic (exact) mass is 613 g/mol. The molecule has 10 nitrogen and oxygen atoms in total. The van der Waals surface area contributed by atoms with Crippen LogP contribution in [0.5, 0.6) is 11.5 Å². The van der Waals surface area contributed by atoms with E-state index >= 15 is 0 Å². The highest BCUT2D eigenvalue weighted by Gasteiger charge is 2.49. The fourth-order valence-corrected chi connectivity index (χ4v) is 6.85. The molecule has 43 heavy (non-hydrogen) atoms. The summed E-state index contributed by atoms with van der Waals surface area (Å²) in [6, 6.07) is 17.1. The van der Waals surface area contributed by atoms with Crippen molar-refractivity contribution in [2.45, 2.75) is 36.9 Å². The topological polar surface area (TPSA) is 130 Å². The van der Waals surface area contributed by atoms with Crippen molar-refractivity contribution in [2.24, 2.45) is 0 Å². The zero-order valence-corrected chi connectivity index (χ0v) is 25.1. The molecular weight excluding hydrogens is 587 g/mol. The molecule has 0 saturated carbocycles. The van der Waals surface area contributed by atoms with Gasteiger partial charge in [0.1, 0.15) is 11.3 Å². The standard InChI is InChI=1S/C31H27N5O5S2/c1-4-41-22-15-20(12-13-21(22)37)26-24(27(38)25-18(3)32-23-7-5-6-14-35(23)25)28(39)29(40)36(26)30-33-34-31(43-30)42-16-19-10-8-17(2)9-11-19/h5-15,26,37-38H,4,16H2,1-3H3/b27-24+. The number of hydrogen-bond acceptors (Lipinski definition) is 10. The predicted octanol–water partition coefficient (Wildman–Crippen LogP) is 5.83. The minimum Gasteiger partial charge on any atom is -0.505 e. The lowest BCUT2D eigenvalue weighted by Gasteiger charge is -2.23. The average Bonchev–Trinajstić information content (AvgIpc) is 3.67. The highest BCUT2D eigenvalue weighted by Crippen LogP contribution is 2.45. The fourth-order valence-electron chi connectivity index (χ4n) is 5.03. The molecule has 0 radical (unpaired) electrons. The van der Waals surface area contributed by atoms with E-state index in [-0.39, 0.29) is 34.6 Å². The number of rotatable bonds is 8. The third kappa shape index (κ3) is 5.23. The van der Waals surface area contributed by atoms with Gasteiger partial charge < -0.3 is 14.9 Å². The number of anilines is 1. The maximum Gasteiger partial charge on any atom is 0.301 e. The average molecular weight is 614 g/mol. The number of Topliss-reactive ketones (excluding diaryl/α,β-unsaturated/α-hetero) is 1. The number of benzene rings is 2. The first-order valence-corrected chi connectivity index (χ1v) is 15.3. The normalized spacial score (nSPS) is 16.3. The second-order valence-corrected chi connectivity index (χ2v) is 12.1. The molecule has 1 atom stereocenters. The van der Waals surface area contributed by atoms with Gasteiger partial charge in [-0.1, -0.05) is 65.1 Å². The van der Waals surface area contributed by atoms with Crippen LogP contribution in [-0.4, -0.2) is 48.1 Å². The molecule has 2 N–H and O–H groups in total. The molecule has 5 aromatic rings. The minimum absolute atomic E-state index is 0.0918. The number of aromatic nitrogens is 4. The van der Waals surface area contributed by atoms with E-state index in [0.717, 1.165) is 5.56 Å². The molecule has 6 rings (SSSR count). The highest BCUT2D eigenvalue weighted by molar-refractivity contribution is 8.00. The van der Waals surface area contributed by atoms with Crippen LogP contribution in [0.3, 0.4) is 0 Å². The molecule has 2 aromatic carbocycles. The Morgan fingerprint density at radius 3 is 2.63 bits per heavy atom. The number of aliphatic hydroxyl groups excluding tert-OH is 1. The fraction of sp³-hybridized carbons (Fsp3) is 0.194. The Balaban J connectivity index is 1.46. The second kappa shape index (κ2) is 11.5. The third-order valence-corrected chi connectivity index (χ3v) is 9.18. The molecule has 1 aliphatic heterocycles. The first-order valence-electron chi connectivity index (χ1n) is 13.5. The van der Waals surface area contributed by atoms with Crippen molar-refractivity contribution in [1.29, 1.82) is 0 Å². The van der Waals surface area contributed by atoms with Crippen LogP contribution in [0.25, 0.3) is 11.4 Å². The Hall–Kier alpha value is -4.68. The zero-order valence-electron chi connectivity index (χ0n) is 23.5. The van der Waals surface area contributed by atoms with E-state index in [1.54, 1.807) is 48.7 Å². The van der Waals surface area contributed by atoms with Gasteiger partial charge in [0.25, 0.3) is 5.78 Å². The Morgan fingerprint density at radius 2 is 1.86 bits per heavy atom. The Kier molecular flexibility index (Phi) is 7.63. The van der Waals surface area contributed by atoms with Gasteiger partial charge in [-0.3, -0.25) is 18.9 Å². The number of phenolic OH excluding ortho intramolecular Hbond substituents is 1. The van der Waals surface area contributed by atoms with Crippen molar-refractivity contribution in [1.82, 2.24) is 19.6 Å². The summed E-state index contributed by atoms with van der Waals surface area (Å²) in [7, 11) is 0. The summed E-state index contributed by atoms with van der Waals surface area (Å²) in [6.07, 6.45) is 1.73. The second-order valence-electron chi connectivity index (χ2n) is 9.93. The number of phenols is 1. The van der Waals surface area contributed by atoms with Gasteiger partial charge in [-0.05, 0) is 56.2 Å². The van der Waals surface area contributed by atoms with Crippen LogP contribution in [0.4, 0.5) is 5.13 Å². The summed E-state index contributed by atoms with van der Waals surface area (Å²) in [5.74, 6) is -1.35. The van der Waals surface area contributed by atoms with Crippen LogP contribution in [0.15, 0.2) is 76.8 Å². The number of carbonyl (C=O) groups is 2. The molecule has 4 heterocycles. The Morgan fingerprint density at radius 1 is 1.07 bits per heavy atom. The number of carbonyl (C=O) groups excluding carboxylic acids is 2. The third-order valence-electron chi connectivity index (χ3n) is 7.06. The van der Waals surface area contributed by atoms with E-state index in [2.05, 4.69) is 15.2 Å². The summed E-state index contributed by atoms with van der Waals surface area (Å²) >= 11 is 2.66. The van der Waals surface area contributed by atoms with Crippen LogP contribution >= 0.6 is 23.1 Å². The lowest BCUT2D eigenvalue weighted by atomic mass is 9.96. The van der Waals surface area contributed by atoms with Gasteiger partial charge in [-0.25, -0.2) is 4.98 Å². The van der Waals surface area contributed by atoms with Gasteiger partial charge in [0, 0.05) is 11.9 Å². The van der Waals surface area contributed by atoms with Crippen molar-refractivity contribution < 1.29 is 24.5 Å². The van der Waals surface area contributed by atoms with Crippen molar-refractivity contribution in [2.75, 3.05) is 11.5 Å². The number of thioether (sulfide) groups is 1. The number of pyridine rings is 1. The number of fused-ring (bicyclic) bond motifs is 1. The maximum atomic E-state index is 13.7. The molecule has 1 saturated heterocycles. The summed E-state index contributed by atoms with van der Waals surface area (Å²) < 4.78 is 7.89. The van der Waals surface area contributed by atoms with E-state index in [4.69, 9.17) is 4.74 Å². The molecule has 1 amide bonds. The van der Waals surface area contributed by atoms with Gasteiger partial charge in [-0.15, -0.1) is 10.2 Å². The molecule has 1 unspecified atom stereocenters. The predicted molar refractivity (Wildman–Crippen MR) is 165 cm³/mol. The maximum absolute atomic E-state index is 13.7. The molecule has 1 fully saturated rings. The van der Waals surface area contributed by atoms with Gasteiger partial charge in [0.15, 0.2) is 21.6 Å². The quantitative estimate of drug-likeness (QED) is 0.0730. The van der Waals surface area contributed by atoms with Crippen molar-refractivity contribution >= 4 is 51.3 Å². The van der Waals surface area contributed by atoms with Gasteiger partial charge in [-0.2, -0.15) is 0 Å². The Labute approximate surface area is 255 Å². The molecule has 0 aliphatic carbocycles. The molecule has 218 valence electrons. The summed E-state index contributed by atoms with van der Waals surface area (Å²) in [4.78, 5) is 33.2. The lowest BCUT2D eigenvalue weighted by Crippen LogP contribution is -2.29. The number of ketones is 1. The molecule has 12 heteroatoms. The van der Waals surface area contributed by atoms with E-state index in [1.807, 2.05) is 37.3 Å². The zero-order chi connectivity index (χ0) is 30.2. The number of aliphatic hydroxyl groups is 1. The van der Waals surface area contributed by atoms with Crippen molar-refractivity contribution in [3.63, 3.8) is 0 Å². The van der Waals surface area contributed by atoms with Crippen LogP contribution in [0.1, 0.15) is 41.0 Å². The number of aromatic hydroxyl groups is 1. The van der Waals surface area contributed by atoms with Crippen LogP contribution in [0.2, 0.25) is 0 Å². The largest absolute Gasteiger partial charge is 0.505 e. The highest BCUT2D eigenvalue weighted by atomic mass is 32.2. The smallest absolute Gasteiger partial charge is 0.301 e. The summed E-state index contributed by atoms with van der Waals surface area (Å²) in [5.41, 5.74) is 3.96. The van der Waals surface area contributed by atoms with E-state index in [0.29, 0.717) is 32.7 Å². The molecule has 3 aromatic heterocycles. The minimum atomic E-state index is -1.07. The van der Waals surface area contributed by atoms with Crippen LogP contribution < -0.4 is 9.64 Å². The number of nitrogens with zero attached hydrogens (tertiary/aromatic N) is 5. The van der Waals surface area contributed by atoms with E-state index < -0.39 is 17.7 Å². The first kappa shape index (κ1) is 28.4. The van der Waals surface area contributed by atoms with Crippen molar-refractivity contribution in [3.05, 3.63) is 101 Å². The van der Waals surface area contributed by atoms with Crippen molar-refractivity contribution in [3.8, 4) is 11.5 Å². The molecule has 0 bridgehead atoms. The van der Waals surface area contributed by atoms with E-state index in [9.17, 15) is 19.8 Å². The molecular formula is C31H27N5O5S2. The number of hydrogen-bond donors (Lipinski definition) is 2. The molecule has 1 aliphatic rings. The Bertz CT molecular complexity index is 1900. The van der Waals surface area contributed by atoms with Crippen LogP contribution in [-0.2, 0) is 15.3 Å². The number of amides is 1. The van der Waals surface area contributed by atoms with Gasteiger partial charge >= 0.3 is 5.91 Å². The first-order chi connectivity index (χ1) is 20.8. The van der Waals surface area contributed by atoms with E-state index in [1.165, 1.54) is 39.6 Å². The van der Waals surface area contributed by atoms with Gasteiger partial charge in [0.2, 0.25) is 5.13 Å². The van der Waals surface area contributed by atoms with Crippen LogP contribution in [0, 0.1) is 13.8 Å². The SMILES string of the molecule is CCOc1cc(C2/C(=C(\O)c3c(C)nc4ccccn34)C(=O)C(=O)N2c2nnc(SCc3ccc(C)cc3)s2)ccc1O. The van der Waals surface area contributed by atoms with Gasteiger partial charge in [0.05, 0.1) is 23.9 Å².